The van der Waals surface area contributed by atoms with Crippen molar-refractivity contribution in [2.45, 2.75) is 6.18 Å². The lowest BCUT2D eigenvalue weighted by Crippen LogP contribution is -2.20. The highest BCUT2D eigenvalue weighted by atomic mass is 19.4. The molecule has 0 atom stereocenters. The molecule has 0 aliphatic heterocycles. The van der Waals surface area contributed by atoms with E-state index in [2.05, 4.69) is 10.3 Å². The zero-order valence-electron chi connectivity index (χ0n) is 10.5. The molecular formula is C11H16F3N3O. The lowest BCUT2D eigenvalue weighted by atomic mass is 10.2. The lowest BCUT2D eigenvalue weighted by Gasteiger charge is -2.13. The van der Waals surface area contributed by atoms with Gasteiger partial charge in [-0.25, -0.2) is 0 Å². The van der Waals surface area contributed by atoms with Crippen molar-refractivity contribution in [3.8, 4) is 5.88 Å². The van der Waals surface area contributed by atoms with Crippen LogP contribution in [0.2, 0.25) is 0 Å². The van der Waals surface area contributed by atoms with E-state index < -0.39 is 11.7 Å². The normalized spacial score (nSPS) is 11.7. The fourth-order valence-corrected chi connectivity index (χ4v) is 1.20. The number of hydrogen-bond donors (Lipinski definition) is 1. The third-order valence-electron chi connectivity index (χ3n) is 2.17. The highest BCUT2D eigenvalue weighted by Crippen LogP contribution is 2.32. The average molecular weight is 263 g/mol. The van der Waals surface area contributed by atoms with Gasteiger partial charge in [0.25, 0.3) is 0 Å². The van der Waals surface area contributed by atoms with Crippen LogP contribution in [0.3, 0.4) is 0 Å². The van der Waals surface area contributed by atoms with Gasteiger partial charge in [-0.05, 0) is 20.2 Å². The fraction of sp³-hybridized carbons (Fsp3) is 0.545. The minimum atomic E-state index is -4.41. The van der Waals surface area contributed by atoms with Crippen molar-refractivity contribution in [1.82, 2.24) is 9.88 Å². The second-order valence-corrected chi connectivity index (χ2v) is 3.98. The van der Waals surface area contributed by atoms with Crippen LogP contribution in [0.4, 0.5) is 19.0 Å². The monoisotopic (exact) mass is 263 g/mol. The number of pyridine rings is 1. The third kappa shape index (κ3) is 4.40. The Kier molecular flexibility index (Phi) is 4.77. The maximum atomic E-state index is 12.6. The molecule has 0 spiro atoms. The Morgan fingerprint density at radius 2 is 2.00 bits per heavy atom. The van der Waals surface area contributed by atoms with Crippen LogP contribution in [0.15, 0.2) is 12.1 Å². The SMILES string of the molecule is CNc1cc(C(F)(F)F)cc(OCCN(C)C)n1. The summed E-state index contributed by atoms with van der Waals surface area (Å²) in [5, 5.41) is 2.58. The summed E-state index contributed by atoms with van der Waals surface area (Å²) in [7, 11) is 5.20. The smallest absolute Gasteiger partial charge is 0.416 e. The topological polar surface area (TPSA) is 37.4 Å². The molecule has 0 radical (unpaired) electrons. The Labute approximate surface area is 104 Å². The van der Waals surface area contributed by atoms with E-state index in [1.54, 1.807) is 0 Å². The van der Waals surface area contributed by atoms with Crippen molar-refractivity contribution < 1.29 is 17.9 Å². The summed E-state index contributed by atoms with van der Waals surface area (Å²) in [6.07, 6.45) is -4.41. The number of alkyl halides is 3. The standard InChI is InChI=1S/C11H16F3N3O/c1-15-9-6-8(11(12,13)14)7-10(16-9)18-5-4-17(2)3/h6-7H,4-5H2,1-3H3,(H,15,16). The van der Waals surface area contributed by atoms with Crippen molar-refractivity contribution in [1.29, 1.82) is 0 Å². The Morgan fingerprint density at radius 1 is 1.33 bits per heavy atom. The van der Waals surface area contributed by atoms with Crippen LogP contribution in [0.5, 0.6) is 5.88 Å². The number of nitrogens with one attached hydrogen (secondary N) is 1. The van der Waals surface area contributed by atoms with E-state index in [9.17, 15) is 13.2 Å². The van der Waals surface area contributed by atoms with Gasteiger partial charge in [-0.15, -0.1) is 0 Å². The highest BCUT2D eigenvalue weighted by Gasteiger charge is 2.31. The van der Waals surface area contributed by atoms with Crippen LogP contribution in [0.1, 0.15) is 5.56 Å². The molecule has 0 saturated heterocycles. The first-order chi connectivity index (χ1) is 8.32. The average Bonchev–Trinajstić information content (AvgIpc) is 2.27. The number of anilines is 1. The zero-order chi connectivity index (χ0) is 13.8. The van der Waals surface area contributed by atoms with Crippen LogP contribution >= 0.6 is 0 Å². The minimum Gasteiger partial charge on any atom is -0.476 e. The molecule has 102 valence electrons. The van der Waals surface area contributed by atoms with Crippen LogP contribution in [-0.2, 0) is 6.18 Å². The van der Waals surface area contributed by atoms with Crippen LogP contribution in [0, 0.1) is 0 Å². The van der Waals surface area contributed by atoms with Gasteiger partial charge in [0, 0.05) is 19.7 Å². The number of rotatable bonds is 5. The number of nitrogens with zero attached hydrogens (tertiary/aromatic N) is 2. The Balaban J connectivity index is 2.84. The predicted molar refractivity (Wildman–Crippen MR) is 62.8 cm³/mol. The molecular weight excluding hydrogens is 247 g/mol. The van der Waals surface area contributed by atoms with Gasteiger partial charge in [0.05, 0.1) is 5.56 Å². The van der Waals surface area contributed by atoms with E-state index in [1.165, 1.54) is 7.05 Å². The van der Waals surface area contributed by atoms with Gasteiger partial charge in [-0.1, -0.05) is 0 Å². The molecule has 0 fully saturated rings. The number of halogens is 3. The fourth-order valence-electron chi connectivity index (χ4n) is 1.20. The maximum Gasteiger partial charge on any atom is 0.416 e. The van der Waals surface area contributed by atoms with Gasteiger partial charge < -0.3 is 15.0 Å². The largest absolute Gasteiger partial charge is 0.476 e. The summed E-state index contributed by atoms with van der Waals surface area (Å²) in [4.78, 5) is 5.78. The summed E-state index contributed by atoms with van der Waals surface area (Å²) in [6, 6.07) is 1.84. The van der Waals surface area contributed by atoms with E-state index in [-0.39, 0.29) is 18.3 Å². The summed E-state index contributed by atoms with van der Waals surface area (Å²) in [5.41, 5.74) is -0.776. The maximum absolute atomic E-state index is 12.6. The molecule has 0 unspecified atom stereocenters. The molecule has 0 aliphatic carbocycles. The Bertz CT molecular complexity index is 394. The molecule has 0 aliphatic rings. The highest BCUT2D eigenvalue weighted by molar-refractivity contribution is 5.42. The quantitative estimate of drug-likeness (QED) is 0.882. The molecule has 0 saturated carbocycles. The van der Waals surface area contributed by atoms with Crippen LogP contribution < -0.4 is 10.1 Å². The van der Waals surface area contributed by atoms with Crippen molar-refractivity contribution in [3.63, 3.8) is 0 Å². The van der Waals surface area contributed by atoms with Crippen molar-refractivity contribution >= 4 is 5.82 Å². The predicted octanol–water partition coefficient (Wildman–Crippen LogP) is 2.08. The first kappa shape index (κ1) is 14.6. The number of ether oxygens (including phenoxy) is 1. The molecule has 1 aromatic heterocycles. The Hall–Kier alpha value is -1.50. The summed E-state index contributed by atoms with van der Waals surface area (Å²) in [6.45, 7) is 0.886. The van der Waals surface area contributed by atoms with E-state index in [1.807, 2.05) is 19.0 Å². The number of aromatic nitrogens is 1. The molecule has 18 heavy (non-hydrogen) atoms. The number of hydrogen-bond acceptors (Lipinski definition) is 4. The molecule has 0 bridgehead atoms. The number of likely N-dealkylation sites (N-methyl/N-ethyl adjacent to an activating group) is 1. The van der Waals surface area contributed by atoms with E-state index in [4.69, 9.17) is 4.74 Å². The van der Waals surface area contributed by atoms with Crippen molar-refractivity contribution in [3.05, 3.63) is 17.7 Å². The first-order valence-corrected chi connectivity index (χ1v) is 5.37. The molecule has 1 rings (SSSR count). The third-order valence-corrected chi connectivity index (χ3v) is 2.17. The van der Waals surface area contributed by atoms with Gasteiger partial charge in [0.2, 0.25) is 5.88 Å². The molecule has 4 nitrogen and oxygen atoms in total. The zero-order valence-corrected chi connectivity index (χ0v) is 10.5. The summed E-state index contributed by atoms with van der Waals surface area (Å²) in [5.74, 6) is 0.0979. The van der Waals surface area contributed by atoms with E-state index in [0.29, 0.717) is 6.54 Å². The van der Waals surface area contributed by atoms with E-state index >= 15 is 0 Å². The first-order valence-electron chi connectivity index (χ1n) is 5.37. The molecule has 7 heteroatoms. The van der Waals surface area contributed by atoms with Gasteiger partial charge in [0.1, 0.15) is 12.4 Å². The van der Waals surface area contributed by atoms with Gasteiger partial charge in [0.15, 0.2) is 0 Å². The van der Waals surface area contributed by atoms with E-state index in [0.717, 1.165) is 12.1 Å². The van der Waals surface area contributed by atoms with Crippen molar-refractivity contribution in [2.75, 3.05) is 39.6 Å². The second-order valence-electron chi connectivity index (χ2n) is 3.98. The van der Waals surface area contributed by atoms with Crippen molar-refractivity contribution in [2.24, 2.45) is 0 Å². The van der Waals surface area contributed by atoms with Gasteiger partial charge >= 0.3 is 6.18 Å². The lowest BCUT2D eigenvalue weighted by molar-refractivity contribution is -0.137. The molecule has 1 aromatic rings. The molecule has 1 N–H and O–H groups in total. The summed E-state index contributed by atoms with van der Waals surface area (Å²) < 4.78 is 43.0. The van der Waals surface area contributed by atoms with Gasteiger partial charge in [-0.3, -0.25) is 0 Å². The van der Waals surface area contributed by atoms with Crippen LogP contribution in [0.25, 0.3) is 0 Å². The van der Waals surface area contributed by atoms with Crippen LogP contribution in [-0.4, -0.2) is 44.2 Å². The molecule has 1 heterocycles. The summed E-state index contributed by atoms with van der Waals surface area (Å²) >= 11 is 0. The second kappa shape index (κ2) is 5.90. The van der Waals surface area contributed by atoms with Gasteiger partial charge in [-0.2, -0.15) is 18.2 Å². The minimum absolute atomic E-state index is 0.0315. The molecule has 0 amide bonds. The Morgan fingerprint density at radius 3 is 2.50 bits per heavy atom. The molecule has 0 aromatic carbocycles.